The van der Waals surface area contributed by atoms with E-state index in [9.17, 15) is 4.79 Å². The molecular weight excluding hydrogens is 466 g/mol. The fourth-order valence-electron chi connectivity index (χ4n) is 4.63. The van der Waals surface area contributed by atoms with Crippen molar-refractivity contribution in [2.45, 2.75) is 65.5 Å². The van der Waals surface area contributed by atoms with Gasteiger partial charge >= 0.3 is 0 Å². The van der Waals surface area contributed by atoms with Gasteiger partial charge in [0.15, 0.2) is 0 Å². The molecule has 194 valence electrons. The Morgan fingerprint density at radius 3 is 2.59 bits per heavy atom. The van der Waals surface area contributed by atoms with Crippen molar-refractivity contribution in [2.75, 3.05) is 22.9 Å². The van der Waals surface area contributed by atoms with Gasteiger partial charge in [0.1, 0.15) is 18.2 Å². The molecule has 1 N–H and O–H groups in total. The maximum absolute atomic E-state index is 12.4. The Hall–Kier alpha value is -3.75. The maximum Gasteiger partial charge on any atom is 0.229 e. The molecule has 9 nitrogen and oxygen atoms in total. The van der Waals surface area contributed by atoms with Gasteiger partial charge in [-0.2, -0.15) is 0 Å². The van der Waals surface area contributed by atoms with E-state index in [1.807, 2.05) is 51.5 Å². The SMILES string of the molecule is CCc1cnc(N2CCC(Oc3cc(N4C=CC5=CC(NC(=O)C(C)(C)C)=CCC54)ncn3)CC2)nc1. The average molecular weight is 502 g/mol. The molecule has 0 bridgehead atoms. The summed E-state index contributed by atoms with van der Waals surface area (Å²) in [4.78, 5) is 34.6. The number of nitrogens with one attached hydrogen (secondary N) is 1. The molecule has 2 aromatic heterocycles. The van der Waals surface area contributed by atoms with Crippen LogP contribution in [-0.2, 0) is 11.2 Å². The molecule has 0 aromatic carbocycles. The number of rotatable bonds is 6. The van der Waals surface area contributed by atoms with Crippen LogP contribution in [0, 0.1) is 5.41 Å². The maximum atomic E-state index is 12.4. The van der Waals surface area contributed by atoms with Crippen LogP contribution in [0.25, 0.3) is 0 Å². The minimum Gasteiger partial charge on any atom is -0.474 e. The Morgan fingerprint density at radius 1 is 1.14 bits per heavy atom. The van der Waals surface area contributed by atoms with Crippen molar-refractivity contribution in [1.29, 1.82) is 0 Å². The summed E-state index contributed by atoms with van der Waals surface area (Å²) < 4.78 is 6.26. The lowest BCUT2D eigenvalue weighted by Crippen LogP contribution is -2.39. The Balaban J connectivity index is 1.18. The predicted octanol–water partition coefficient (Wildman–Crippen LogP) is 3.96. The zero-order valence-electron chi connectivity index (χ0n) is 22.0. The molecule has 0 spiro atoms. The second-order valence-electron chi connectivity index (χ2n) is 10.7. The first kappa shape index (κ1) is 24.9. The number of ether oxygens (including phenoxy) is 1. The molecule has 1 amide bonds. The van der Waals surface area contributed by atoms with Gasteiger partial charge in [0.25, 0.3) is 0 Å². The third kappa shape index (κ3) is 5.65. The highest BCUT2D eigenvalue weighted by molar-refractivity contribution is 5.83. The van der Waals surface area contributed by atoms with Crippen molar-refractivity contribution in [3.05, 3.63) is 66.0 Å². The summed E-state index contributed by atoms with van der Waals surface area (Å²) in [6.45, 7) is 9.54. The number of hydrogen-bond acceptors (Lipinski definition) is 8. The van der Waals surface area contributed by atoms with Gasteiger partial charge in [-0.15, -0.1) is 0 Å². The highest BCUT2D eigenvalue weighted by Crippen LogP contribution is 2.33. The molecule has 2 aromatic rings. The molecule has 1 atom stereocenters. The lowest BCUT2D eigenvalue weighted by Gasteiger charge is -2.32. The smallest absolute Gasteiger partial charge is 0.229 e. The van der Waals surface area contributed by atoms with Gasteiger partial charge in [0.2, 0.25) is 17.7 Å². The number of nitrogens with zero attached hydrogens (tertiary/aromatic N) is 6. The van der Waals surface area contributed by atoms with Gasteiger partial charge < -0.3 is 19.9 Å². The van der Waals surface area contributed by atoms with Crippen LogP contribution in [0.1, 0.15) is 52.5 Å². The largest absolute Gasteiger partial charge is 0.474 e. The van der Waals surface area contributed by atoms with E-state index in [1.165, 1.54) is 0 Å². The van der Waals surface area contributed by atoms with E-state index in [2.05, 4.69) is 54.1 Å². The van der Waals surface area contributed by atoms with Crippen LogP contribution in [0.15, 0.2) is 60.5 Å². The summed E-state index contributed by atoms with van der Waals surface area (Å²) in [5.74, 6) is 2.18. The molecule has 2 aliphatic heterocycles. The predicted molar refractivity (Wildman–Crippen MR) is 143 cm³/mol. The van der Waals surface area contributed by atoms with Crippen LogP contribution in [-0.4, -0.2) is 51.1 Å². The summed E-state index contributed by atoms with van der Waals surface area (Å²) >= 11 is 0. The quantitative estimate of drug-likeness (QED) is 0.636. The summed E-state index contributed by atoms with van der Waals surface area (Å²) in [5, 5.41) is 3.04. The van der Waals surface area contributed by atoms with E-state index in [0.717, 1.165) is 67.4 Å². The first-order chi connectivity index (χ1) is 17.8. The molecule has 9 heteroatoms. The number of anilines is 2. The van der Waals surface area contributed by atoms with Crippen molar-refractivity contribution < 1.29 is 9.53 Å². The summed E-state index contributed by atoms with van der Waals surface area (Å²) in [6.07, 6.45) is 17.2. The standard InChI is InChI=1S/C28H35N7O2/c1-5-19-16-29-27(30-17-19)34-11-9-22(10-12-34)37-25-15-24(31-18-32-25)35-13-8-20-14-21(6-7-23(20)35)33-26(36)28(2,3)4/h6,8,13-18,22-23H,5,7,9-12H2,1-4H3,(H,33,36). The molecular formula is C28H35N7O2. The fraction of sp³-hybridized carbons (Fsp3) is 0.464. The highest BCUT2D eigenvalue weighted by atomic mass is 16.5. The Labute approximate surface area is 218 Å². The van der Waals surface area contributed by atoms with Crippen LogP contribution < -0.4 is 19.9 Å². The fourth-order valence-corrected chi connectivity index (χ4v) is 4.63. The van der Waals surface area contributed by atoms with Gasteiger partial charge in [0, 0.05) is 61.7 Å². The van der Waals surface area contributed by atoms with E-state index in [0.29, 0.717) is 5.88 Å². The second kappa shape index (κ2) is 10.3. The monoisotopic (exact) mass is 501 g/mol. The highest BCUT2D eigenvalue weighted by Gasteiger charge is 2.30. The number of hydrogen-bond donors (Lipinski definition) is 1. The van der Waals surface area contributed by atoms with Crippen molar-refractivity contribution in [3.63, 3.8) is 0 Å². The minimum absolute atomic E-state index is 0.0123. The molecule has 1 unspecified atom stereocenters. The van der Waals surface area contributed by atoms with E-state index in [4.69, 9.17) is 4.74 Å². The van der Waals surface area contributed by atoms with Crippen molar-refractivity contribution in [2.24, 2.45) is 5.41 Å². The third-order valence-corrected chi connectivity index (χ3v) is 6.97. The first-order valence-corrected chi connectivity index (χ1v) is 13.0. The molecule has 3 aliphatic rings. The van der Waals surface area contributed by atoms with Gasteiger partial charge in [0.05, 0.1) is 6.04 Å². The van der Waals surface area contributed by atoms with Gasteiger partial charge in [-0.05, 0) is 36.1 Å². The average Bonchev–Trinajstić information content (AvgIpc) is 3.32. The van der Waals surface area contributed by atoms with E-state index in [1.54, 1.807) is 6.33 Å². The number of allylic oxidation sites excluding steroid dienone is 1. The number of carbonyl (C=O) groups excluding carboxylic acids is 1. The van der Waals surface area contributed by atoms with Crippen molar-refractivity contribution in [3.8, 4) is 5.88 Å². The molecule has 4 heterocycles. The van der Waals surface area contributed by atoms with Crippen molar-refractivity contribution >= 4 is 17.7 Å². The summed E-state index contributed by atoms with van der Waals surface area (Å²) in [5.41, 5.74) is 2.71. The van der Waals surface area contributed by atoms with E-state index < -0.39 is 5.41 Å². The molecule has 1 aliphatic carbocycles. The Kier molecular flexibility index (Phi) is 6.95. The second-order valence-corrected chi connectivity index (χ2v) is 10.7. The zero-order valence-corrected chi connectivity index (χ0v) is 22.0. The number of aromatic nitrogens is 4. The van der Waals surface area contributed by atoms with E-state index in [-0.39, 0.29) is 18.1 Å². The Bertz CT molecular complexity index is 1220. The number of fused-ring (bicyclic) bond motifs is 1. The third-order valence-electron chi connectivity index (χ3n) is 6.97. The van der Waals surface area contributed by atoms with Crippen LogP contribution in [0.2, 0.25) is 0 Å². The Morgan fingerprint density at radius 2 is 1.89 bits per heavy atom. The van der Waals surface area contributed by atoms with Crippen LogP contribution >= 0.6 is 0 Å². The zero-order chi connectivity index (χ0) is 26.0. The lowest BCUT2D eigenvalue weighted by molar-refractivity contribution is -0.127. The molecule has 0 radical (unpaired) electrons. The van der Waals surface area contributed by atoms with Crippen LogP contribution in [0.3, 0.4) is 0 Å². The van der Waals surface area contributed by atoms with E-state index >= 15 is 0 Å². The first-order valence-electron chi connectivity index (χ1n) is 13.0. The number of piperidine rings is 1. The number of carbonyl (C=O) groups is 1. The summed E-state index contributed by atoms with van der Waals surface area (Å²) in [6, 6.07) is 2.05. The lowest BCUT2D eigenvalue weighted by atomic mass is 9.94. The minimum atomic E-state index is -0.435. The van der Waals surface area contributed by atoms with Crippen LogP contribution in [0.4, 0.5) is 11.8 Å². The van der Waals surface area contributed by atoms with Gasteiger partial charge in [-0.1, -0.05) is 33.8 Å². The van der Waals surface area contributed by atoms with Crippen molar-refractivity contribution in [1.82, 2.24) is 25.3 Å². The van der Waals surface area contributed by atoms with Gasteiger partial charge in [-0.3, -0.25) is 4.79 Å². The van der Waals surface area contributed by atoms with Crippen LogP contribution in [0.5, 0.6) is 5.88 Å². The molecule has 37 heavy (non-hydrogen) atoms. The number of amides is 1. The molecule has 1 fully saturated rings. The molecule has 5 rings (SSSR count). The summed E-state index contributed by atoms with van der Waals surface area (Å²) in [7, 11) is 0. The molecule has 0 saturated carbocycles. The number of aryl methyl sites for hydroxylation is 1. The van der Waals surface area contributed by atoms with Gasteiger partial charge in [-0.25, -0.2) is 19.9 Å². The molecule has 1 saturated heterocycles. The normalized spacial score (nSPS) is 19.8. The topological polar surface area (TPSA) is 96.4 Å².